The normalized spacial score (nSPS) is 17.2. The molecule has 0 amide bonds. The molecule has 0 saturated heterocycles. The molecule has 0 heterocycles. The first-order valence-corrected chi connectivity index (χ1v) is 7.42. The van der Waals surface area contributed by atoms with E-state index in [0.29, 0.717) is 5.56 Å². The summed E-state index contributed by atoms with van der Waals surface area (Å²) in [5.74, 6) is -0.0778. The minimum atomic E-state index is -0.334. The van der Waals surface area contributed by atoms with Crippen molar-refractivity contribution >= 4 is 5.78 Å². The first-order chi connectivity index (χ1) is 9.99. The lowest BCUT2D eigenvalue weighted by Gasteiger charge is -2.21. The summed E-state index contributed by atoms with van der Waals surface area (Å²) in [5.41, 5.74) is 2.84. The molecule has 0 aromatic heterocycles. The van der Waals surface area contributed by atoms with Gasteiger partial charge in [0.05, 0.1) is 0 Å². The Labute approximate surface area is 124 Å². The van der Waals surface area contributed by atoms with Crippen LogP contribution in [0.3, 0.4) is 0 Å². The Morgan fingerprint density at radius 2 is 1.81 bits per heavy atom. The number of benzene rings is 2. The number of ketones is 1. The SMILES string of the molecule is CC1(C)CCCc2ccc(-c3ccccc3F)cc2C1=O. The highest BCUT2D eigenvalue weighted by molar-refractivity contribution is 6.02. The van der Waals surface area contributed by atoms with Gasteiger partial charge in [-0.15, -0.1) is 0 Å². The lowest BCUT2D eigenvalue weighted by molar-refractivity contribution is 0.0830. The van der Waals surface area contributed by atoms with Crippen LogP contribution >= 0.6 is 0 Å². The summed E-state index contributed by atoms with van der Waals surface area (Å²) in [7, 11) is 0. The lowest BCUT2D eigenvalue weighted by Crippen LogP contribution is -2.23. The van der Waals surface area contributed by atoms with Crippen LogP contribution in [0.15, 0.2) is 42.5 Å². The van der Waals surface area contributed by atoms with E-state index in [0.717, 1.165) is 36.0 Å². The van der Waals surface area contributed by atoms with Crippen LogP contribution in [0.1, 0.15) is 42.6 Å². The maximum atomic E-state index is 14.0. The number of fused-ring (bicyclic) bond motifs is 1. The topological polar surface area (TPSA) is 17.1 Å². The summed E-state index contributed by atoms with van der Waals surface area (Å²) >= 11 is 0. The molecule has 1 aliphatic carbocycles. The van der Waals surface area contributed by atoms with Gasteiger partial charge in [-0.25, -0.2) is 4.39 Å². The molecule has 0 bridgehead atoms. The molecule has 0 saturated carbocycles. The maximum Gasteiger partial charge on any atom is 0.168 e. The van der Waals surface area contributed by atoms with Crippen LogP contribution in [0.2, 0.25) is 0 Å². The van der Waals surface area contributed by atoms with Gasteiger partial charge >= 0.3 is 0 Å². The Hall–Kier alpha value is -1.96. The molecule has 1 nitrogen and oxygen atoms in total. The van der Waals surface area contributed by atoms with Gasteiger partial charge < -0.3 is 0 Å². The molecule has 0 atom stereocenters. The molecular weight excluding hydrogens is 263 g/mol. The zero-order valence-corrected chi connectivity index (χ0v) is 12.4. The van der Waals surface area contributed by atoms with Crippen molar-refractivity contribution in [2.75, 3.05) is 0 Å². The lowest BCUT2D eigenvalue weighted by atomic mass is 9.81. The fourth-order valence-electron chi connectivity index (χ4n) is 3.07. The number of aryl methyl sites for hydroxylation is 1. The van der Waals surface area contributed by atoms with E-state index in [-0.39, 0.29) is 17.0 Å². The van der Waals surface area contributed by atoms with Gasteiger partial charge in [0.1, 0.15) is 5.82 Å². The number of carbonyl (C=O) groups excluding carboxylic acids is 1. The van der Waals surface area contributed by atoms with Crippen molar-refractivity contribution in [2.45, 2.75) is 33.1 Å². The quantitative estimate of drug-likeness (QED) is 0.670. The molecule has 0 N–H and O–H groups in total. The highest BCUT2D eigenvalue weighted by Crippen LogP contribution is 2.35. The van der Waals surface area contributed by atoms with E-state index in [1.165, 1.54) is 6.07 Å². The average molecular weight is 282 g/mol. The minimum Gasteiger partial charge on any atom is -0.294 e. The molecule has 21 heavy (non-hydrogen) atoms. The third-order valence-electron chi connectivity index (χ3n) is 4.40. The van der Waals surface area contributed by atoms with E-state index in [4.69, 9.17) is 0 Å². The molecule has 0 unspecified atom stereocenters. The van der Waals surface area contributed by atoms with Gasteiger partial charge in [0.15, 0.2) is 5.78 Å². The van der Waals surface area contributed by atoms with Crippen molar-refractivity contribution in [3.05, 3.63) is 59.4 Å². The van der Waals surface area contributed by atoms with Crippen molar-refractivity contribution in [1.82, 2.24) is 0 Å². The zero-order valence-electron chi connectivity index (χ0n) is 12.4. The van der Waals surface area contributed by atoms with E-state index in [2.05, 4.69) is 0 Å². The fourth-order valence-corrected chi connectivity index (χ4v) is 3.07. The summed E-state index contributed by atoms with van der Waals surface area (Å²) < 4.78 is 14.0. The van der Waals surface area contributed by atoms with E-state index in [1.807, 2.05) is 38.1 Å². The van der Waals surface area contributed by atoms with Crippen LogP contribution in [-0.4, -0.2) is 5.78 Å². The third kappa shape index (κ3) is 2.51. The van der Waals surface area contributed by atoms with Crippen LogP contribution in [0, 0.1) is 11.2 Å². The van der Waals surface area contributed by atoms with Crippen molar-refractivity contribution in [1.29, 1.82) is 0 Å². The number of rotatable bonds is 1. The Morgan fingerprint density at radius 1 is 1.05 bits per heavy atom. The molecule has 108 valence electrons. The second-order valence-electron chi connectivity index (χ2n) is 6.42. The Kier molecular flexibility index (Phi) is 3.40. The van der Waals surface area contributed by atoms with Gasteiger partial charge in [-0.05, 0) is 42.5 Å². The Bertz CT molecular complexity index is 700. The Balaban J connectivity index is 2.13. The molecule has 0 radical (unpaired) electrons. The molecule has 2 heteroatoms. The summed E-state index contributed by atoms with van der Waals surface area (Å²) in [6, 6.07) is 12.5. The number of hydrogen-bond acceptors (Lipinski definition) is 1. The van der Waals surface area contributed by atoms with Gasteiger partial charge in [-0.3, -0.25) is 4.79 Å². The molecule has 3 rings (SSSR count). The number of halogens is 1. The summed E-state index contributed by atoms with van der Waals surface area (Å²) in [4.78, 5) is 12.7. The largest absolute Gasteiger partial charge is 0.294 e. The van der Waals surface area contributed by atoms with E-state index in [1.54, 1.807) is 12.1 Å². The highest BCUT2D eigenvalue weighted by atomic mass is 19.1. The van der Waals surface area contributed by atoms with Gasteiger partial charge in [0.2, 0.25) is 0 Å². The summed E-state index contributed by atoms with van der Waals surface area (Å²) in [6.07, 6.45) is 2.84. The first kappa shape index (κ1) is 14.0. The molecule has 0 aliphatic heterocycles. The molecule has 0 fully saturated rings. The van der Waals surface area contributed by atoms with E-state index in [9.17, 15) is 9.18 Å². The summed E-state index contributed by atoms with van der Waals surface area (Å²) in [5, 5.41) is 0. The van der Waals surface area contributed by atoms with Crippen LogP contribution < -0.4 is 0 Å². The van der Waals surface area contributed by atoms with Crippen LogP contribution in [0.25, 0.3) is 11.1 Å². The third-order valence-corrected chi connectivity index (χ3v) is 4.40. The van der Waals surface area contributed by atoms with Crippen molar-refractivity contribution in [2.24, 2.45) is 5.41 Å². The number of carbonyl (C=O) groups is 1. The minimum absolute atomic E-state index is 0.174. The molecular formula is C19H19FO. The van der Waals surface area contributed by atoms with Crippen LogP contribution in [0.4, 0.5) is 4.39 Å². The zero-order chi connectivity index (χ0) is 15.0. The van der Waals surface area contributed by atoms with E-state index < -0.39 is 0 Å². The number of hydrogen-bond donors (Lipinski definition) is 0. The Morgan fingerprint density at radius 3 is 2.57 bits per heavy atom. The van der Waals surface area contributed by atoms with Gasteiger partial charge in [-0.1, -0.05) is 44.2 Å². The first-order valence-electron chi connectivity index (χ1n) is 7.42. The fraction of sp³-hybridized carbons (Fsp3) is 0.316. The molecule has 0 spiro atoms. The predicted molar refractivity (Wildman–Crippen MR) is 82.9 cm³/mol. The summed E-state index contributed by atoms with van der Waals surface area (Å²) in [6.45, 7) is 4.00. The molecule has 2 aromatic rings. The standard InChI is InChI=1S/C19H19FO/c1-19(2)11-5-6-13-9-10-14(12-16(13)18(19)21)15-7-3-4-8-17(15)20/h3-4,7-10,12H,5-6,11H2,1-2H3. The van der Waals surface area contributed by atoms with Crippen molar-refractivity contribution in [3.8, 4) is 11.1 Å². The van der Waals surface area contributed by atoms with Gasteiger partial charge in [-0.2, -0.15) is 0 Å². The smallest absolute Gasteiger partial charge is 0.168 e. The second kappa shape index (κ2) is 5.10. The van der Waals surface area contributed by atoms with Crippen molar-refractivity contribution < 1.29 is 9.18 Å². The van der Waals surface area contributed by atoms with Crippen molar-refractivity contribution in [3.63, 3.8) is 0 Å². The maximum absolute atomic E-state index is 14.0. The molecule has 2 aromatic carbocycles. The van der Waals surface area contributed by atoms with Crippen LogP contribution in [-0.2, 0) is 6.42 Å². The van der Waals surface area contributed by atoms with Gasteiger partial charge in [0, 0.05) is 16.5 Å². The average Bonchev–Trinajstić information content (AvgIpc) is 2.57. The van der Waals surface area contributed by atoms with E-state index >= 15 is 0 Å². The number of Topliss-reactive ketones (excluding diaryl/α,β-unsaturated/α-hetero) is 1. The second-order valence-corrected chi connectivity index (χ2v) is 6.42. The van der Waals surface area contributed by atoms with Gasteiger partial charge in [0.25, 0.3) is 0 Å². The highest BCUT2D eigenvalue weighted by Gasteiger charge is 2.32. The molecule has 1 aliphatic rings. The predicted octanol–water partition coefficient (Wildman–Crippen LogP) is 5.04. The monoisotopic (exact) mass is 282 g/mol. The van der Waals surface area contributed by atoms with Crippen LogP contribution in [0.5, 0.6) is 0 Å².